The van der Waals surface area contributed by atoms with E-state index in [0.717, 1.165) is 18.1 Å². The van der Waals surface area contributed by atoms with Gasteiger partial charge in [-0.05, 0) is 24.7 Å². The molecule has 1 heterocycles. The van der Waals surface area contributed by atoms with E-state index in [2.05, 4.69) is 24.1 Å². The number of aliphatic hydroxyl groups is 1. The summed E-state index contributed by atoms with van der Waals surface area (Å²) in [5, 5.41) is 10.1. The summed E-state index contributed by atoms with van der Waals surface area (Å²) in [6, 6.07) is 7.97. The van der Waals surface area contributed by atoms with Crippen LogP contribution in [0.15, 0.2) is 24.3 Å². The monoisotopic (exact) mass is 225 g/mol. The van der Waals surface area contributed by atoms with Crippen molar-refractivity contribution in [1.29, 1.82) is 0 Å². The van der Waals surface area contributed by atoms with Crippen LogP contribution in [0.2, 0.25) is 5.02 Å². The number of aliphatic hydroxyl groups excluding tert-OH is 1. The number of halogens is 1. The summed E-state index contributed by atoms with van der Waals surface area (Å²) in [6.07, 6.45) is 0. The zero-order valence-electron chi connectivity index (χ0n) is 8.86. The first kappa shape index (κ1) is 10.9. The second-order valence-electron chi connectivity index (χ2n) is 4.32. The van der Waals surface area contributed by atoms with Crippen LogP contribution in [0.5, 0.6) is 0 Å². The molecule has 1 aromatic rings. The van der Waals surface area contributed by atoms with Crippen LogP contribution < -0.4 is 0 Å². The third kappa shape index (κ3) is 2.33. The number of rotatable bonds is 2. The Morgan fingerprint density at radius 2 is 2.00 bits per heavy atom. The maximum atomic E-state index is 9.32. The van der Waals surface area contributed by atoms with E-state index in [1.54, 1.807) is 0 Å². The number of hydrogen-bond acceptors (Lipinski definition) is 2. The summed E-state index contributed by atoms with van der Waals surface area (Å²) in [7, 11) is 2.10. The first-order chi connectivity index (χ1) is 7.20. The Balaban J connectivity index is 2.19. The highest BCUT2D eigenvalue weighted by atomic mass is 35.5. The lowest BCUT2D eigenvalue weighted by Crippen LogP contribution is -2.15. The maximum absolute atomic E-state index is 9.32. The number of likely N-dealkylation sites (tertiary alicyclic amines) is 1. The maximum Gasteiger partial charge on any atom is 0.0477 e. The van der Waals surface area contributed by atoms with E-state index in [-0.39, 0.29) is 6.61 Å². The fourth-order valence-corrected chi connectivity index (χ4v) is 2.49. The molecule has 1 aliphatic rings. The molecule has 0 saturated carbocycles. The van der Waals surface area contributed by atoms with Gasteiger partial charge in [0.2, 0.25) is 0 Å². The molecule has 3 heteroatoms. The van der Waals surface area contributed by atoms with Crippen LogP contribution in [0.25, 0.3) is 0 Å². The molecule has 1 N–H and O–H groups in total. The third-order valence-corrected chi connectivity index (χ3v) is 3.41. The predicted octanol–water partition coefficient (Wildman–Crippen LogP) is 1.98. The zero-order chi connectivity index (χ0) is 10.8. The second-order valence-corrected chi connectivity index (χ2v) is 4.76. The topological polar surface area (TPSA) is 23.5 Å². The quantitative estimate of drug-likeness (QED) is 0.832. The minimum absolute atomic E-state index is 0.262. The Kier molecular flexibility index (Phi) is 3.29. The molecule has 1 aromatic carbocycles. The van der Waals surface area contributed by atoms with Crippen LogP contribution in [0.3, 0.4) is 0 Å². The zero-order valence-corrected chi connectivity index (χ0v) is 9.61. The smallest absolute Gasteiger partial charge is 0.0477 e. The van der Waals surface area contributed by atoms with Crippen LogP contribution in [-0.2, 0) is 0 Å². The van der Waals surface area contributed by atoms with Gasteiger partial charge in [-0.15, -0.1) is 0 Å². The van der Waals surface area contributed by atoms with E-state index in [1.807, 2.05) is 12.1 Å². The molecule has 0 amide bonds. The highest BCUT2D eigenvalue weighted by Crippen LogP contribution is 2.31. The van der Waals surface area contributed by atoms with Gasteiger partial charge in [0.05, 0.1) is 0 Å². The fourth-order valence-electron chi connectivity index (χ4n) is 2.36. The third-order valence-electron chi connectivity index (χ3n) is 3.16. The molecule has 1 saturated heterocycles. The molecule has 15 heavy (non-hydrogen) atoms. The Morgan fingerprint density at radius 1 is 1.33 bits per heavy atom. The van der Waals surface area contributed by atoms with Gasteiger partial charge >= 0.3 is 0 Å². The number of benzene rings is 1. The molecule has 0 radical (unpaired) electrons. The van der Waals surface area contributed by atoms with E-state index < -0.39 is 0 Å². The Hall–Kier alpha value is -0.570. The highest BCUT2D eigenvalue weighted by molar-refractivity contribution is 6.30. The Morgan fingerprint density at radius 3 is 2.60 bits per heavy atom. The van der Waals surface area contributed by atoms with Crippen LogP contribution in [0.4, 0.5) is 0 Å². The van der Waals surface area contributed by atoms with Gasteiger partial charge in [-0.1, -0.05) is 23.7 Å². The van der Waals surface area contributed by atoms with Crippen molar-refractivity contribution in [3.8, 4) is 0 Å². The summed E-state index contributed by atoms with van der Waals surface area (Å²) < 4.78 is 0. The van der Waals surface area contributed by atoms with Gasteiger partial charge in [0.15, 0.2) is 0 Å². The van der Waals surface area contributed by atoms with Crippen LogP contribution >= 0.6 is 11.6 Å². The van der Waals surface area contributed by atoms with Crippen molar-refractivity contribution in [1.82, 2.24) is 4.90 Å². The van der Waals surface area contributed by atoms with Gasteiger partial charge in [-0.25, -0.2) is 0 Å². The molecule has 0 aliphatic carbocycles. The highest BCUT2D eigenvalue weighted by Gasteiger charge is 2.31. The SMILES string of the molecule is CN1CC(CO)C(c2ccc(Cl)cc2)C1. The molecule has 0 bridgehead atoms. The molecule has 2 atom stereocenters. The number of nitrogens with zero attached hydrogens (tertiary/aromatic N) is 1. The molecule has 1 fully saturated rings. The van der Waals surface area contributed by atoms with Gasteiger partial charge in [0.25, 0.3) is 0 Å². The molecular formula is C12H16ClNO. The number of hydrogen-bond donors (Lipinski definition) is 1. The molecular weight excluding hydrogens is 210 g/mol. The summed E-state index contributed by atoms with van der Waals surface area (Å²) in [6.45, 7) is 2.26. The van der Waals surface area contributed by atoms with Crippen LogP contribution in [0, 0.1) is 5.92 Å². The lowest BCUT2D eigenvalue weighted by atomic mass is 9.90. The summed E-state index contributed by atoms with van der Waals surface area (Å²) >= 11 is 5.86. The molecule has 0 aromatic heterocycles. The molecule has 2 nitrogen and oxygen atoms in total. The van der Waals surface area contributed by atoms with Crippen molar-refractivity contribution < 1.29 is 5.11 Å². The van der Waals surface area contributed by atoms with Crippen molar-refractivity contribution in [3.63, 3.8) is 0 Å². The van der Waals surface area contributed by atoms with Gasteiger partial charge in [0.1, 0.15) is 0 Å². The average Bonchev–Trinajstić information content (AvgIpc) is 2.61. The molecule has 0 spiro atoms. The average molecular weight is 226 g/mol. The molecule has 1 aliphatic heterocycles. The van der Waals surface area contributed by atoms with E-state index >= 15 is 0 Å². The van der Waals surface area contributed by atoms with E-state index in [9.17, 15) is 5.11 Å². The van der Waals surface area contributed by atoms with Crippen molar-refractivity contribution in [3.05, 3.63) is 34.9 Å². The van der Waals surface area contributed by atoms with Crippen molar-refractivity contribution in [2.75, 3.05) is 26.7 Å². The van der Waals surface area contributed by atoms with E-state index in [4.69, 9.17) is 11.6 Å². The molecule has 82 valence electrons. The lowest BCUT2D eigenvalue weighted by molar-refractivity contribution is 0.219. The van der Waals surface area contributed by atoms with Crippen LogP contribution in [-0.4, -0.2) is 36.8 Å². The molecule has 2 unspecified atom stereocenters. The first-order valence-electron chi connectivity index (χ1n) is 5.25. The van der Waals surface area contributed by atoms with Crippen molar-refractivity contribution in [2.45, 2.75) is 5.92 Å². The van der Waals surface area contributed by atoms with Gasteiger partial charge in [0, 0.05) is 36.6 Å². The Labute approximate surface area is 95.5 Å². The van der Waals surface area contributed by atoms with Crippen LogP contribution in [0.1, 0.15) is 11.5 Å². The molecule has 2 rings (SSSR count). The van der Waals surface area contributed by atoms with Gasteiger partial charge < -0.3 is 10.0 Å². The van der Waals surface area contributed by atoms with Gasteiger partial charge in [-0.2, -0.15) is 0 Å². The first-order valence-corrected chi connectivity index (χ1v) is 5.63. The summed E-state index contributed by atoms with van der Waals surface area (Å²) in [5.41, 5.74) is 1.28. The van der Waals surface area contributed by atoms with Crippen molar-refractivity contribution in [2.24, 2.45) is 5.92 Å². The van der Waals surface area contributed by atoms with E-state index in [1.165, 1.54) is 5.56 Å². The standard InChI is InChI=1S/C12H16ClNO/c1-14-6-10(8-15)12(7-14)9-2-4-11(13)5-3-9/h2-5,10,12,15H,6-8H2,1H3. The summed E-state index contributed by atoms with van der Waals surface area (Å²) in [5.74, 6) is 0.799. The van der Waals surface area contributed by atoms with Crippen molar-refractivity contribution >= 4 is 11.6 Å². The second kappa shape index (κ2) is 4.52. The minimum Gasteiger partial charge on any atom is -0.396 e. The minimum atomic E-state index is 0.262. The lowest BCUT2D eigenvalue weighted by Gasteiger charge is -2.16. The Bertz CT molecular complexity index is 325. The van der Waals surface area contributed by atoms with E-state index in [0.29, 0.717) is 11.8 Å². The summed E-state index contributed by atoms with van der Waals surface area (Å²) in [4.78, 5) is 2.26. The normalized spacial score (nSPS) is 27.1. The van der Waals surface area contributed by atoms with Gasteiger partial charge in [-0.3, -0.25) is 0 Å². The predicted molar refractivity (Wildman–Crippen MR) is 62.3 cm³/mol. The largest absolute Gasteiger partial charge is 0.396 e. The number of likely N-dealkylation sites (N-methyl/N-ethyl adjacent to an activating group) is 1. The fraction of sp³-hybridized carbons (Fsp3) is 0.500.